The number of hydrogen-bond acceptors (Lipinski definition) is 4. The number of rotatable bonds is 11. The molecule has 0 heterocycles. The van der Waals surface area contributed by atoms with Gasteiger partial charge in [-0.3, -0.25) is 0 Å². The third-order valence-corrected chi connectivity index (χ3v) is 3.05. The molecule has 4 heteroatoms. The van der Waals surface area contributed by atoms with Gasteiger partial charge in [-0.05, 0) is 17.5 Å². The van der Waals surface area contributed by atoms with Crippen molar-refractivity contribution in [2.45, 2.75) is 25.8 Å². The van der Waals surface area contributed by atoms with Crippen LogP contribution >= 0.6 is 0 Å². The molecule has 1 aromatic carbocycles. The van der Waals surface area contributed by atoms with E-state index in [-0.39, 0.29) is 6.04 Å². The number of methoxy groups -OCH3 is 1. The number of aryl methyl sites for hydroxylation is 1. The van der Waals surface area contributed by atoms with Crippen molar-refractivity contribution in [3.63, 3.8) is 0 Å². The molecule has 0 aliphatic rings. The number of ether oxygens (including phenoxy) is 3. The van der Waals surface area contributed by atoms with E-state index in [1.165, 1.54) is 5.56 Å². The summed E-state index contributed by atoms with van der Waals surface area (Å²) in [7, 11) is 1.66. The molecule has 20 heavy (non-hydrogen) atoms. The van der Waals surface area contributed by atoms with Gasteiger partial charge in [0.05, 0.1) is 39.1 Å². The van der Waals surface area contributed by atoms with Crippen LogP contribution in [0.15, 0.2) is 24.3 Å². The second kappa shape index (κ2) is 10.8. The smallest absolute Gasteiger partial charge is 0.0701 e. The lowest BCUT2D eigenvalue weighted by Gasteiger charge is -2.13. The molecule has 0 spiro atoms. The fourth-order valence-electron chi connectivity index (χ4n) is 1.89. The summed E-state index contributed by atoms with van der Waals surface area (Å²) < 4.78 is 15.7. The van der Waals surface area contributed by atoms with E-state index in [1.807, 2.05) is 0 Å². The maximum atomic E-state index is 6.10. The molecular formula is C16H27NO3. The highest BCUT2D eigenvalue weighted by molar-refractivity contribution is 5.24. The SMILES string of the molecule is CCCc1ccc(C(N)COCCOCCOC)cc1. The van der Waals surface area contributed by atoms with Crippen LogP contribution in [-0.4, -0.2) is 40.1 Å². The summed E-state index contributed by atoms with van der Waals surface area (Å²) in [6, 6.07) is 8.39. The van der Waals surface area contributed by atoms with E-state index in [4.69, 9.17) is 19.9 Å². The Hall–Kier alpha value is -0.940. The average Bonchev–Trinajstić information content (AvgIpc) is 2.47. The maximum absolute atomic E-state index is 6.10. The van der Waals surface area contributed by atoms with Crippen LogP contribution in [0.1, 0.15) is 30.5 Å². The fourth-order valence-corrected chi connectivity index (χ4v) is 1.89. The molecule has 4 nitrogen and oxygen atoms in total. The van der Waals surface area contributed by atoms with Crippen LogP contribution < -0.4 is 5.73 Å². The first-order valence-electron chi connectivity index (χ1n) is 7.26. The van der Waals surface area contributed by atoms with Crippen LogP contribution in [0.4, 0.5) is 0 Å². The summed E-state index contributed by atoms with van der Waals surface area (Å²) >= 11 is 0. The molecule has 1 unspecified atom stereocenters. The summed E-state index contributed by atoms with van der Waals surface area (Å²) in [5.41, 5.74) is 8.57. The molecule has 0 saturated carbocycles. The van der Waals surface area contributed by atoms with Crippen molar-refractivity contribution in [1.82, 2.24) is 0 Å². The van der Waals surface area contributed by atoms with E-state index < -0.39 is 0 Å². The molecule has 0 radical (unpaired) electrons. The van der Waals surface area contributed by atoms with Crippen molar-refractivity contribution < 1.29 is 14.2 Å². The lowest BCUT2D eigenvalue weighted by Crippen LogP contribution is -2.19. The van der Waals surface area contributed by atoms with Crippen molar-refractivity contribution in [3.05, 3.63) is 35.4 Å². The van der Waals surface area contributed by atoms with Crippen molar-refractivity contribution in [3.8, 4) is 0 Å². The summed E-state index contributed by atoms with van der Waals surface area (Å²) in [6.45, 7) is 5.05. The first-order chi connectivity index (χ1) is 9.77. The Morgan fingerprint density at radius 3 is 2.30 bits per heavy atom. The van der Waals surface area contributed by atoms with Gasteiger partial charge in [0.15, 0.2) is 0 Å². The predicted octanol–water partition coefficient (Wildman–Crippen LogP) is 2.32. The first kappa shape index (κ1) is 17.1. The quantitative estimate of drug-likeness (QED) is 0.632. The Morgan fingerprint density at radius 2 is 1.65 bits per heavy atom. The minimum Gasteiger partial charge on any atom is -0.382 e. The molecule has 0 aliphatic carbocycles. The predicted molar refractivity (Wildman–Crippen MR) is 80.9 cm³/mol. The van der Waals surface area contributed by atoms with Gasteiger partial charge in [-0.25, -0.2) is 0 Å². The average molecular weight is 281 g/mol. The molecule has 0 amide bonds. The minimum absolute atomic E-state index is 0.0790. The molecule has 114 valence electrons. The van der Waals surface area contributed by atoms with Crippen LogP contribution in [0, 0.1) is 0 Å². The van der Waals surface area contributed by atoms with Crippen LogP contribution in [0.25, 0.3) is 0 Å². The third-order valence-electron chi connectivity index (χ3n) is 3.05. The molecule has 0 aromatic heterocycles. The van der Waals surface area contributed by atoms with Crippen LogP contribution in [0.2, 0.25) is 0 Å². The van der Waals surface area contributed by atoms with Crippen LogP contribution in [0.5, 0.6) is 0 Å². The lowest BCUT2D eigenvalue weighted by atomic mass is 10.0. The normalized spacial score (nSPS) is 12.6. The zero-order valence-electron chi connectivity index (χ0n) is 12.6. The Balaban J connectivity index is 2.17. The Labute approximate surface area is 122 Å². The van der Waals surface area contributed by atoms with Gasteiger partial charge in [-0.15, -0.1) is 0 Å². The molecule has 0 aliphatic heterocycles. The maximum Gasteiger partial charge on any atom is 0.0701 e. The highest BCUT2D eigenvalue weighted by atomic mass is 16.5. The highest BCUT2D eigenvalue weighted by Gasteiger charge is 2.05. The third kappa shape index (κ3) is 7.01. The van der Waals surface area contributed by atoms with Crippen molar-refractivity contribution in [2.24, 2.45) is 5.73 Å². The Bertz CT molecular complexity index is 340. The van der Waals surface area contributed by atoms with Crippen LogP contribution in [0.3, 0.4) is 0 Å². The van der Waals surface area contributed by atoms with Gasteiger partial charge in [-0.1, -0.05) is 37.6 Å². The topological polar surface area (TPSA) is 53.7 Å². The van der Waals surface area contributed by atoms with E-state index in [9.17, 15) is 0 Å². The molecule has 0 bridgehead atoms. The van der Waals surface area contributed by atoms with Gasteiger partial charge in [0.1, 0.15) is 0 Å². The Morgan fingerprint density at radius 1 is 1.00 bits per heavy atom. The van der Waals surface area contributed by atoms with Crippen molar-refractivity contribution in [2.75, 3.05) is 40.1 Å². The van der Waals surface area contributed by atoms with Gasteiger partial charge in [-0.2, -0.15) is 0 Å². The zero-order chi connectivity index (χ0) is 14.6. The van der Waals surface area contributed by atoms with Crippen LogP contribution in [-0.2, 0) is 20.6 Å². The minimum atomic E-state index is -0.0790. The van der Waals surface area contributed by atoms with Gasteiger partial charge in [0, 0.05) is 7.11 Å². The van der Waals surface area contributed by atoms with Gasteiger partial charge >= 0.3 is 0 Å². The lowest BCUT2D eigenvalue weighted by molar-refractivity contribution is 0.0216. The van der Waals surface area contributed by atoms with E-state index in [0.717, 1.165) is 18.4 Å². The van der Waals surface area contributed by atoms with Crippen molar-refractivity contribution >= 4 is 0 Å². The van der Waals surface area contributed by atoms with E-state index >= 15 is 0 Å². The molecule has 1 aromatic rings. The molecular weight excluding hydrogens is 254 g/mol. The second-order valence-corrected chi connectivity index (χ2v) is 4.78. The summed E-state index contributed by atoms with van der Waals surface area (Å²) in [5, 5.41) is 0. The van der Waals surface area contributed by atoms with E-state index in [0.29, 0.717) is 33.0 Å². The first-order valence-corrected chi connectivity index (χ1v) is 7.26. The molecule has 1 rings (SSSR count). The number of nitrogens with two attached hydrogens (primary N) is 1. The van der Waals surface area contributed by atoms with Gasteiger partial charge < -0.3 is 19.9 Å². The monoisotopic (exact) mass is 281 g/mol. The molecule has 0 fully saturated rings. The molecule has 1 atom stereocenters. The number of benzene rings is 1. The summed E-state index contributed by atoms with van der Waals surface area (Å²) in [4.78, 5) is 0. The van der Waals surface area contributed by atoms with E-state index in [1.54, 1.807) is 7.11 Å². The fraction of sp³-hybridized carbons (Fsp3) is 0.625. The van der Waals surface area contributed by atoms with Gasteiger partial charge in [0.2, 0.25) is 0 Å². The summed E-state index contributed by atoms with van der Waals surface area (Å²) in [5.74, 6) is 0. The Kier molecular flexibility index (Phi) is 9.24. The second-order valence-electron chi connectivity index (χ2n) is 4.78. The van der Waals surface area contributed by atoms with Crippen molar-refractivity contribution in [1.29, 1.82) is 0 Å². The standard InChI is InChI=1S/C16H27NO3/c1-3-4-14-5-7-15(8-6-14)16(17)13-20-12-11-19-10-9-18-2/h5-8,16H,3-4,9-13,17H2,1-2H3. The van der Waals surface area contributed by atoms with Gasteiger partial charge in [0.25, 0.3) is 0 Å². The summed E-state index contributed by atoms with van der Waals surface area (Å²) in [6.07, 6.45) is 2.28. The van der Waals surface area contributed by atoms with E-state index in [2.05, 4.69) is 31.2 Å². The largest absolute Gasteiger partial charge is 0.382 e. The number of hydrogen-bond donors (Lipinski definition) is 1. The highest BCUT2D eigenvalue weighted by Crippen LogP contribution is 2.13. The zero-order valence-corrected chi connectivity index (χ0v) is 12.6. The molecule has 2 N–H and O–H groups in total. The molecule has 0 saturated heterocycles.